The Morgan fingerprint density at radius 3 is 2.65 bits per heavy atom. The molecule has 5 heteroatoms. The van der Waals surface area contributed by atoms with Crippen molar-refractivity contribution in [1.29, 1.82) is 5.26 Å². The summed E-state index contributed by atoms with van der Waals surface area (Å²) in [6.07, 6.45) is 1.95. The third-order valence-corrected chi connectivity index (χ3v) is 5.05. The number of benzene rings is 2. The molecular formula is C21H17BrN2OS. The number of rotatable bonds is 5. The van der Waals surface area contributed by atoms with Crippen molar-refractivity contribution in [1.82, 2.24) is 4.98 Å². The van der Waals surface area contributed by atoms with E-state index in [1.807, 2.05) is 73.8 Å². The van der Waals surface area contributed by atoms with E-state index in [1.54, 1.807) is 0 Å². The second-order valence-corrected chi connectivity index (χ2v) is 7.64. The van der Waals surface area contributed by atoms with Crippen molar-refractivity contribution >= 4 is 38.9 Å². The fourth-order valence-electron chi connectivity index (χ4n) is 2.40. The van der Waals surface area contributed by atoms with Crippen LogP contribution in [0.15, 0.2) is 58.4 Å². The second-order valence-electron chi connectivity index (χ2n) is 5.93. The van der Waals surface area contributed by atoms with Crippen LogP contribution in [0, 0.1) is 11.3 Å². The molecule has 1 heterocycles. The van der Waals surface area contributed by atoms with Gasteiger partial charge in [0.2, 0.25) is 0 Å². The Morgan fingerprint density at radius 1 is 1.23 bits per heavy atom. The van der Waals surface area contributed by atoms with Gasteiger partial charge in [0.1, 0.15) is 16.8 Å². The van der Waals surface area contributed by atoms with Crippen LogP contribution in [0.5, 0.6) is 5.75 Å². The van der Waals surface area contributed by atoms with Crippen LogP contribution in [-0.4, -0.2) is 11.1 Å². The van der Waals surface area contributed by atoms with Gasteiger partial charge in [0, 0.05) is 10.9 Å². The lowest BCUT2D eigenvalue weighted by atomic mass is 10.1. The molecule has 0 atom stereocenters. The van der Waals surface area contributed by atoms with Gasteiger partial charge in [0.25, 0.3) is 0 Å². The first-order valence-electron chi connectivity index (χ1n) is 8.16. The molecule has 0 saturated heterocycles. The van der Waals surface area contributed by atoms with Crippen LogP contribution in [0.3, 0.4) is 0 Å². The highest BCUT2D eigenvalue weighted by Gasteiger charge is 2.10. The quantitative estimate of drug-likeness (QED) is 0.443. The molecule has 0 saturated carbocycles. The van der Waals surface area contributed by atoms with Crippen LogP contribution in [0.25, 0.3) is 22.9 Å². The van der Waals surface area contributed by atoms with Crippen molar-refractivity contribution in [2.75, 3.05) is 0 Å². The number of hydrogen-bond acceptors (Lipinski definition) is 4. The maximum absolute atomic E-state index is 9.58. The largest absolute Gasteiger partial charge is 0.490 e. The summed E-state index contributed by atoms with van der Waals surface area (Å²) in [7, 11) is 0. The summed E-state index contributed by atoms with van der Waals surface area (Å²) < 4.78 is 6.59. The van der Waals surface area contributed by atoms with Gasteiger partial charge in [-0.05, 0) is 53.5 Å². The number of thiazole rings is 1. The number of ether oxygens (including phenoxy) is 1. The summed E-state index contributed by atoms with van der Waals surface area (Å²) >= 11 is 5.00. The number of aromatic nitrogens is 1. The van der Waals surface area contributed by atoms with E-state index in [1.165, 1.54) is 11.3 Å². The summed E-state index contributed by atoms with van der Waals surface area (Å²) in [5, 5.41) is 12.3. The topological polar surface area (TPSA) is 45.9 Å². The van der Waals surface area contributed by atoms with Crippen molar-refractivity contribution in [3.05, 3.63) is 69.0 Å². The minimum absolute atomic E-state index is 0.106. The second kappa shape index (κ2) is 8.31. The number of nitriles is 1. The Bertz CT molecular complexity index is 971. The van der Waals surface area contributed by atoms with E-state index >= 15 is 0 Å². The highest BCUT2D eigenvalue weighted by atomic mass is 79.9. The van der Waals surface area contributed by atoms with Crippen molar-refractivity contribution in [2.24, 2.45) is 0 Å². The zero-order valence-corrected chi connectivity index (χ0v) is 16.8. The van der Waals surface area contributed by atoms with Crippen LogP contribution in [-0.2, 0) is 0 Å². The molecule has 0 spiro atoms. The number of halogens is 1. The predicted octanol–water partition coefficient (Wildman–Crippen LogP) is 6.42. The zero-order chi connectivity index (χ0) is 18.5. The van der Waals surface area contributed by atoms with Gasteiger partial charge in [0.15, 0.2) is 0 Å². The van der Waals surface area contributed by atoms with Crippen LogP contribution >= 0.6 is 27.3 Å². The summed E-state index contributed by atoms with van der Waals surface area (Å²) in [5.74, 6) is 0.788. The molecule has 0 aliphatic heterocycles. The average Bonchev–Trinajstić information content (AvgIpc) is 3.12. The molecule has 0 unspecified atom stereocenters. The van der Waals surface area contributed by atoms with Gasteiger partial charge < -0.3 is 4.74 Å². The van der Waals surface area contributed by atoms with Gasteiger partial charge in [0.05, 0.1) is 21.8 Å². The van der Waals surface area contributed by atoms with Gasteiger partial charge in [-0.15, -0.1) is 11.3 Å². The van der Waals surface area contributed by atoms with E-state index in [-0.39, 0.29) is 6.10 Å². The van der Waals surface area contributed by atoms with Gasteiger partial charge in [-0.3, -0.25) is 0 Å². The van der Waals surface area contributed by atoms with Crippen molar-refractivity contribution < 1.29 is 4.74 Å². The molecule has 1 aromatic heterocycles. The average molecular weight is 425 g/mol. The first kappa shape index (κ1) is 18.4. The Morgan fingerprint density at radius 2 is 2.00 bits per heavy atom. The monoisotopic (exact) mass is 424 g/mol. The van der Waals surface area contributed by atoms with Gasteiger partial charge >= 0.3 is 0 Å². The molecule has 0 aliphatic rings. The molecular weight excluding hydrogens is 408 g/mol. The standard InChI is InChI=1S/C21H17BrN2OS/c1-14(2)25-20-9-8-15(11-18(20)22)10-17(12-23)21-24-19(13-26-21)16-6-4-3-5-7-16/h3-11,13-14H,1-2H3/b17-10-. The maximum Gasteiger partial charge on any atom is 0.134 e. The summed E-state index contributed by atoms with van der Waals surface area (Å²) in [4.78, 5) is 4.62. The van der Waals surface area contributed by atoms with Crippen LogP contribution in [0.2, 0.25) is 0 Å². The Kier molecular flexibility index (Phi) is 5.87. The lowest BCUT2D eigenvalue weighted by molar-refractivity contribution is 0.241. The summed E-state index contributed by atoms with van der Waals surface area (Å²) in [5.41, 5.74) is 3.39. The van der Waals surface area contributed by atoms with Crippen LogP contribution in [0.4, 0.5) is 0 Å². The van der Waals surface area contributed by atoms with E-state index in [0.717, 1.165) is 27.0 Å². The number of allylic oxidation sites excluding steroid dienone is 1. The predicted molar refractivity (Wildman–Crippen MR) is 111 cm³/mol. The summed E-state index contributed by atoms with van der Waals surface area (Å²) in [6, 6.07) is 18.0. The maximum atomic E-state index is 9.58. The molecule has 2 aromatic carbocycles. The molecule has 0 fully saturated rings. The van der Waals surface area contributed by atoms with E-state index in [9.17, 15) is 5.26 Å². The Labute approximate surface area is 165 Å². The van der Waals surface area contributed by atoms with E-state index < -0.39 is 0 Å². The molecule has 0 aliphatic carbocycles. The normalized spacial score (nSPS) is 11.4. The van der Waals surface area contributed by atoms with Crippen molar-refractivity contribution in [2.45, 2.75) is 20.0 Å². The van der Waals surface area contributed by atoms with Crippen LogP contribution in [0.1, 0.15) is 24.4 Å². The molecule has 130 valence electrons. The Balaban J connectivity index is 1.89. The number of nitrogens with zero attached hydrogens (tertiary/aromatic N) is 2. The number of hydrogen-bond donors (Lipinski definition) is 0. The summed E-state index contributed by atoms with van der Waals surface area (Å²) in [6.45, 7) is 3.97. The highest BCUT2D eigenvalue weighted by molar-refractivity contribution is 9.10. The molecule has 0 N–H and O–H groups in total. The molecule has 3 nitrogen and oxygen atoms in total. The minimum atomic E-state index is 0.106. The SMILES string of the molecule is CC(C)Oc1ccc(/C=C(/C#N)c2nc(-c3ccccc3)cs2)cc1Br. The highest BCUT2D eigenvalue weighted by Crippen LogP contribution is 2.30. The third kappa shape index (κ3) is 4.40. The molecule has 0 bridgehead atoms. The van der Waals surface area contributed by atoms with Gasteiger partial charge in [-0.2, -0.15) is 5.26 Å². The molecule has 0 amide bonds. The van der Waals surface area contributed by atoms with Gasteiger partial charge in [-0.1, -0.05) is 36.4 Å². The molecule has 0 radical (unpaired) electrons. The van der Waals surface area contributed by atoms with Gasteiger partial charge in [-0.25, -0.2) is 4.98 Å². The molecule has 3 rings (SSSR count). The lowest BCUT2D eigenvalue weighted by Gasteiger charge is -2.11. The van der Waals surface area contributed by atoms with E-state index in [2.05, 4.69) is 27.0 Å². The Hall–Kier alpha value is -2.42. The first-order valence-corrected chi connectivity index (χ1v) is 9.83. The fourth-order valence-corrected chi connectivity index (χ4v) is 3.69. The smallest absolute Gasteiger partial charge is 0.134 e. The minimum Gasteiger partial charge on any atom is -0.490 e. The fraction of sp³-hybridized carbons (Fsp3) is 0.143. The van der Waals surface area contributed by atoms with Crippen molar-refractivity contribution in [3.8, 4) is 23.1 Å². The third-order valence-electron chi connectivity index (χ3n) is 3.55. The van der Waals surface area contributed by atoms with Crippen LogP contribution < -0.4 is 4.74 Å². The molecule has 26 heavy (non-hydrogen) atoms. The van der Waals surface area contributed by atoms with E-state index in [0.29, 0.717) is 10.6 Å². The van der Waals surface area contributed by atoms with Crippen molar-refractivity contribution in [3.63, 3.8) is 0 Å². The van der Waals surface area contributed by atoms with E-state index in [4.69, 9.17) is 4.74 Å². The first-order chi connectivity index (χ1) is 12.6. The zero-order valence-electron chi connectivity index (χ0n) is 14.4. The lowest BCUT2D eigenvalue weighted by Crippen LogP contribution is -2.05. The molecule has 3 aromatic rings.